The summed E-state index contributed by atoms with van der Waals surface area (Å²) in [6.07, 6.45) is 0.408. The molecular weight excluding hydrogens is 504 g/mol. The number of carbonyl (C=O) groups is 2. The molecule has 0 bridgehead atoms. The van der Waals surface area contributed by atoms with E-state index in [-0.39, 0.29) is 18.4 Å². The summed E-state index contributed by atoms with van der Waals surface area (Å²) in [5.41, 5.74) is 4.22. The Kier molecular flexibility index (Phi) is 9.49. The molecule has 1 N–H and O–H groups in total. The monoisotopic (exact) mass is 536 g/mol. The number of hydrogen-bond acceptors (Lipinski definition) is 3. The highest BCUT2D eigenvalue weighted by Crippen LogP contribution is 2.29. The van der Waals surface area contributed by atoms with E-state index in [0.29, 0.717) is 24.6 Å². The molecule has 0 fully saturated rings. The maximum atomic E-state index is 13.5. The average Bonchev–Trinajstić information content (AvgIpc) is 2.85. The van der Waals surface area contributed by atoms with Gasteiger partial charge in [0.15, 0.2) is 6.61 Å². The number of amides is 2. The van der Waals surface area contributed by atoms with Gasteiger partial charge in [0.25, 0.3) is 5.91 Å². The first-order valence-electron chi connectivity index (χ1n) is 11.8. The van der Waals surface area contributed by atoms with Crippen molar-refractivity contribution in [3.8, 4) is 5.75 Å². The summed E-state index contributed by atoms with van der Waals surface area (Å²) in [7, 11) is 1.60. The molecule has 0 radical (unpaired) electrons. The van der Waals surface area contributed by atoms with Crippen LogP contribution >= 0.6 is 15.9 Å². The van der Waals surface area contributed by atoms with Gasteiger partial charge in [-0.15, -0.1) is 0 Å². The van der Waals surface area contributed by atoms with Crippen molar-refractivity contribution in [1.82, 2.24) is 10.2 Å². The number of carbonyl (C=O) groups excluding carboxylic acids is 2. The van der Waals surface area contributed by atoms with Gasteiger partial charge in [0.1, 0.15) is 11.8 Å². The third-order valence-electron chi connectivity index (χ3n) is 5.93. The molecule has 6 heteroatoms. The minimum atomic E-state index is -0.675. The van der Waals surface area contributed by atoms with Crippen molar-refractivity contribution in [3.05, 3.63) is 99.5 Å². The summed E-state index contributed by atoms with van der Waals surface area (Å²) in [5.74, 6) is 0.518. The Balaban J connectivity index is 1.87. The van der Waals surface area contributed by atoms with Crippen molar-refractivity contribution >= 4 is 27.7 Å². The van der Waals surface area contributed by atoms with Gasteiger partial charge in [0.05, 0.1) is 4.47 Å². The fourth-order valence-electron chi connectivity index (χ4n) is 3.94. The second kappa shape index (κ2) is 12.5. The first kappa shape index (κ1) is 26.5. The summed E-state index contributed by atoms with van der Waals surface area (Å²) in [4.78, 5) is 28.2. The predicted molar refractivity (Wildman–Crippen MR) is 143 cm³/mol. The second-order valence-electron chi connectivity index (χ2n) is 8.96. The Morgan fingerprint density at radius 2 is 1.69 bits per heavy atom. The SMILES string of the molecule is CNC(=O)C(Cc1ccccc1)N(Cc1cccc(C)c1)C(=O)COc1ccc(C(C)C)cc1Br. The van der Waals surface area contributed by atoms with Crippen molar-refractivity contribution in [2.45, 2.75) is 45.7 Å². The number of hydrogen-bond donors (Lipinski definition) is 1. The lowest BCUT2D eigenvalue weighted by atomic mass is 10.0. The molecule has 5 nitrogen and oxygen atoms in total. The normalized spacial score (nSPS) is 11.7. The van der Waals surface area contributed by atoms with E-state index in [2.05, 4.69) is 35.1 Å². The number of ether oxygens (including phenoxy) is 1. The minimum Gasteiger partial charge on any atom is -0.483 e. The molecule has 3 aromatic carbocycles. The molecule has 0 spiro atoms. The topological polar surface area (TPSA) is 58.6 Å². The van der Waals surface area contributed by atoms with Crippen LogP contribution in [0.25, 0.3) is 0 Å². The number of nitrogens with zero attached hydrogens (tertiary/aromatic N) is 1. The van der Waals surface area contributed by atoms with Crippen LogP contribution in [0.1, 0.15) is 42.0 Å². The Bertz CT molecular complexity index is 1150. The van der Waals surface area contributed by atoms with Crippen molar-refractivity contribution in [2.24, 2.45) is 0 Å². The molecule has 0 aliphatic rings. The zero-order valence-corrected chi connectivity index (χ0v) is 22.3. The molecule has 0 saturated carbocycles. The van der Waals surface area contributed by atoms with Gasteiger partial charge in [-0.3, -0.25) is 9.59 Å². The highest BCUT2D eigenvalue weighted by atomic mass is 79.9. The number of aryl methyl sites for hydroxylation is 1. The molecule has 2 amide bonds. The summed E-state index contributed by atoms with van der Waals surface area (Å²) in [6, 6.07) is 22.9. The molecule has 0 aliphatic carbocycles. The summed E-state index contributed by atoms with van der Waals surface area (Å²) >= 11 is 3.56. The second-order valence-corrected chi connectivity index (χ2v) is 9.82. The van der Waals surface area contributed by atoms with Crippen molar-refractivity contribution in [3.63, 3.8) is 0 Å². The molecule has 0 saturated heterocycles. The van der Waals surface area contributed by atoms with Crippen LogP contribution in [0, 0.1) is 6.92 Å². The molecule has 35 heavy (non-hydrogen) atoms. The molecule has 1 atom stereocenters. The Morgan fingerprint density at radius 1 is 0.971 bits per heavy atom. The standard InChI is InChI=1S/C29H33BrN2O3/c1-20(2)24-13-14-27(25(30)17-24)35-19-28(33)32(18-23-12-8-9-21(3)15-23)26(29(34)31-4)16-22-10-6-5-7-11-22/h5-15,17,20,26H,16,18-19H2,1-4H3,(H,31,34). The van der Waals surface area contributed by atoms with Crippen LogP contribution in [-0.2, 0) is 22.6 Å². The number of halogens is 1. The Labute approximate surface area is 216 Å². The molecule has 0 heterocycles. The maximum absolute atomic E-state index is 13.5. The minimum absolute atomic E-state index is 0.173. The van der Waals surface area contributed by atoms with Crippen molar-refractivity contribution in [2.75, 3.05) is 13.7 Å². The third kappa shape index (κ3) is 7.43. The largest absolute Gasteiger partial charge is 0.483 e. The summed E-state index contributed by atoms with van der Waals surface area (Å²) in [6.45, 7) is 6.40. The van der Waals surface area contributed by atoms with Crippen LogP contribution in [0.4, 0.5) is 0 Å². The van der Waals surface area contributed by atoms with Gasteiger partial charge in [-0.25, -0.2) is 0 Å². The van der Waals surface area contributed by atoms with Gasteiger partial charge in [-0.2, -0.15) is 0 Å². The smallest absolute Gasteiger partial charge is 0.261 e. The first-order valence-corrected chi connectivity index (χ1v) is 12.6. The third-order valence-corrected chi connectivity index (χ3v) is 6.55. The fourth-order valence-corrected chi connectivity index (χ4v) is 4.45. The number of likely N-dealkylation sites (N-methyl/N-ethyl adjacent to an activating group) is 1. The quantitative estimate of drug-likeness (QED) is 0.364. The lowest BCUT2D eigenvalue weighted by Crippen LogP contribution is -2.51. The molecular formula is C29H33BrN2O3. The van der Waals surface area contributed by atoms with Gasteiger partial charge in [0, 0.05) is 20.0 Å². The van der Waals surface area contributed by atoms with Crippen LogP contribution in [0.15, 0.2) is 77.3 Å². The number of rotatable bonds is 10. The van der Waals surface area contributed by atoms with E-state index in [0.717, 1.165) is 21.2 Å². The highest BCUT2D eigenvalue weighted by Gasteiger charge is 2.30. The van der Waals surface area contributed by atoms with Gasteiger partial charge in [0.2, 0.25) is 5.91 Å². The van der Waals surface area contributed by atoms with Crippen molar-refractivity contribution in [1.29, 1.82) is 0 Å². The van der Waals surface area contributed by atoms with E-state index in [9.17, 15) is 9.59 Å². The molecule has 0 aromatic heterocycles. The maximum Gasteiger partial charge on any atom is 0.261 e. The molecule has 184 valence electrons. The fraction of sp³-hybridized carbons (Fsp3) is 0.310. The van der Waals surface area contributed by atoms with Gasteiger partial charge >= 0.3 is 0 Å². The summed E-state index contributed by atoms with van der Waals surface area (Å²) in [5, 5.41) is 2.74. The number of benzene rings is 3. The lowest BCUT2D eigenvalue weighted by Gasteiger charge is -2.31. The Morgan fingerprint density at radius 3 is 2.31 bits per heavy atom. The van der Waals surface area contributed by atoms with E-state index in [1.54, 1.807) is 11.9 Å². The molecule has 3 rings (SSSR count). The predicted octanol–water partition coefficient (Wildman–Crippen LogP) is 5.65. The van der Waals surface area contributed by atoms with E-state index < -0.39 is 6.04 Å². The lowest BCUT2D eigenvalue weighted by molar-refractivity contribution is -0.142. The van der Waals surface area contributed by atoms with Crippen molar-refractivity contribution < 1.29 is 14.3 Å². The molecule has 3 aromatic rings. The van der Waals surface area contributed by atoms with E-state index in [1.807, 2.05) is 79.7 Å². The molecule has 1 unspecified atom stereocenters. The van der Waals surface area contributed by atoms with Crippen LogP contribution < -0.4 is 10.1 Å². The molecule has 0 aliphatic heterocycles. The van der Waals surface area contributed by atoms with Crippen LogP contribution in [0.5, 0.6) is 5.75 Å². The van der Waals surface area contributed by atoms with Gasteiger partial charge < -0.3 is 15.0 Å². The van der Waals surface area contributed by atoms with Gasteiger partial charge in [-0.05, 0) is 57.6 Å². The van der Waals surface area contributed by atoms with E-state index >= 15 is 0 Å². The zero-order chi connectivity index (χ0) is 25.4. The average molecular weight is 537 g/mol. The van der Waals surface area contributed by atoms with E-state index in [1.165, 1.54) is 5.56 Å². The van der Waals surface area contributed by atoms with Gasteiger partial charge in [-0.1, -0.05) is 80.1 Å². The van der Waals surface area contributed by atoms with Crippen LogP contribution in [0.3, 0.4) is 0 Å². The first-order chi connectivity index (χ1) is 16.8. The summed E-state index contributed by atoms with van der Waals surface area (Å²) < 4.78 is 6.72. The zero-order valence-electron chi connectivity index (χ0n) is 20.8. The van der Waals surface area contributed by atoms with E-state index in [4.69, 9.17) is 4.74 Å². The number of nitrogens with one attached hydrogen (secondary N) is 1. The Hall–Kier alpha value is -3.12. The van der Waals surface area contributed by atoms with Crippen LogP contribution in [-0.4, -0.2) is 36.4 Å². The highest BCUT2D eigenvalue weighted by molar-refractivity contribution is 9.10. The van der Waals surface area contributed by atoms with Crippen LogP contribution in [0.2, 0.25) is 0 Å².